The maximum atomic E-state index is 4.07. The smallest absolute Gasteiger partial charge is 0.0295 e. The van der Waals surface area contributed by atoms with Crippen LogP contribution in [0.1, 0.15) is 38.8 Å². The number of pyridine rings is 1. The van der Waals surface area contributed by atoms with Gasteiger partial charge < -0.3 is 5.32 Å². The molecule has 0 radical (unpaired) electrons. The number of hydrogen-bond acceptors (Lipinski definition) is 3. The van der Waals surface area contributed by atoms with Crippen LogP contribution in [0.4, 0.5) is 0 Å². The van der Waals surface area contributed by atoms with Gasteiger partial charge >= 0.3 is 0 Å². The SMILES string of the molecule is C[C@H](NC1CSCC(C)(C)C1)c1ccncc1. The molecule has 1 unspecified atom stereocenters. The number of hydrogen-bond donors (Lipinski definition) is 1. The first-order valence-corrected chi connectivity index (χ1v) is 7.46. The lowest BCUT2D eigenvalue weighted by atomic mass is 9.87. The van der Waals surface area contributed by atoms with E-state index in [4.69, 9.17) is 0 Å². The minimum atomic E-state index is 0.414. The second kappa shape index (κ2) is 5.40. The van der Waals surface area contributed by atoms with Gasteiger partial charge in [-0.3, -0.25) is 4.98 Å². The van der Waals surface area contributed by atoms with Crippen molar-refractivity contribution >= 4 is 11.8 Å². The highest BCUT2D eigenvalue weighted by molar-refractivity contribution is 7.99. The average molecular weight is 250 g/mol. The van der Waals surface area contributed by atoms with E-state index in [9.17, 15) is 0 Å². The van der Waals surface area contributed by atoms with E-state index in [1.54, 1.807) is 0 Å². The molecule has 0 spiro atoms. The molecule has 1 N–H and O–H groups in total. The second-order valence-corrected chi connectivity index (χ2v) is 6.78. The molecule has 17 heavy (non-hydrogen) atoms. The molecule has 0 bridgehead atoms. The minimum absolute atomic E-state index is 0.414. The molecule has 2 nitrogen and oxygen atoms in total. The monoisotopic (exact) mass is 250 g/mol. The number of nitrogens with one attached hydrogen (secondary N) is 1. The lowest BCUT2D eigenvalue weighted by molar-refractivity contribution is 0.305. The van der Waals surface area contributed by atoms with Crippen LogP contribution >= 0.6 is 11.8 Å². The number of aromatic nitrogens is 1. The fourth-order valence-electron chi connectivity index (χ4n) is 2.47. The predicted octanol–water partition coefficient (Wildman–Crippen LogP) is 3.26. The second-order valence-electron chi connectivity index (χ2n) is 5.75. The Kier molecular flexibility index (Phi) is 4.10. The highest BCUT2D eigenvalue weighted by Crippen LogP contribution is 2.34. The van der Waals surface area contributed by atoms with Gasteiger partial charge in [0.15, 0.2) is 0 Å². The van der Waals surface area contributed by atoms with E-state index in [-0.39, 0.29) is 0 Å². The van der Waals surface area contributed by atoms with Crippen molar-refractivity contribution in [2.24, 2.45) is 5.41 Å². The van der Waals surface area contributed by atoms with Crippen LogP contribution in [0.2, 0.25) is 0 Å². The Morgan fingerprint density at radius 1 is 1.41 bits per heavy atom. The molecule has 1 aromatic heterocycles. The Morgan fingerprint density at radius 3 is 2.76 bits per heavy atom. The Morgan fingerprint density at radius 2 is 2.12 bits per heavy atom. The third-order valence-corrected chi connectivity index (χ3v) is 4.93. The van der Waals surface area contributed by atoms with Gasteiger partial charge in [-0.1, -0.05) is 13.8 Å². The maximum Gasteiger partial charge on any atom is 0.0295 e. The van der Waals surface area contributed by atoms with Gasteiger partial charge in [0.1, 0.15) is 0 Å². The van der Waals surface area contributed by atoms with Gasteiger partial charge in [-0.05, 0) is 42.2 Å². The van der Waals surface area contributed by atoms with Crippen molar-refractivity contribution in [1.82, 2.24) is 10.3 Å². The third-order valence-electron chi connectivity index (χ3n) is 3.30. The third kappa shape index (κ3) is 3.71. The molecule has 0 saturated carbocycles. The van der Waals surface area contributed by atoms with Crippen LogP contribution < -0.4 is 5.32 Å². The maximum absolute atomic E-state index is 4.07. The van der Waals surface area contributed by atoms with Crippen LogP contribution in [0.15, 0.2) is 24.5 Å². The molecule has 1 fully saturated rings. The molecule has 1 aromatic rings. The summed E-state index contributed by atoms with van der Waals surface area (Å²) in [5, 5.41) is 3.74. The summed E-state index contributed by atoms with van der Waals surface area (Å²) in [6, 6.07) is 5.24. The molecule has 0 amide bonds. The van der Waals surface area contributed by atoms with E-state index in [1.807, 2.05) is 12.4 Å². The van der Waals surface area contributed by atoms with E-state index in [2.05, 4.69) is 55.0 Å². The van der Waals surface area contributed by atoms with E-state index in [0.717, 1.165) is 0 Å². The highest BCUT2D eigenvalue weighted by atomic mass is 32.2. The van der Waals surface area contributed by atoms with Crippen molar-refractivity contribution < 1.29 is 0 Å². The number of thioether (sulfide) groups is 1. The molecular weight excluding hydrogens is 228 g/mol. The van der Waals surface area contributed by atoms with Crippen LogP contribution in [-0.4, -0.2) is 22.5 Å². The molecule has 0 aromatic carbocycles. The van der Waals surface area contributed by atoms with E-state index < -0.39 is 0 Å². The fourth-order valence-corrected chi connectivity index (χ4v) is 3.76. The highest BCUT2D eigenvalue weighted by Gasteiger charge is 2.29. The predicted molar refractivity (Wildman–Crippen MR) is 75.3 cm³/mol. The quantitative estimate of drug-likeness (QED) is 0.891. The molecule has 1 saturated heterocycles. The summed E-state index contributed by atoms with van der Waals surface area (Å²) in [5.74, 6) is 2.52. The summed E-state index contributed by atoms with van der Waals surface area (Å²) in [5.41, 5.74) is 1.80. The van der Waals surface area contributed by atoms with Gasteiger partial charge in [-0.25, -0.2) is 0 Å². The van der Waals surface area contributed by atoms with Crippen LogP contribution in [-0.2, 0) is 0 Å². The Labute approximate surface area is 109 Å². The Bertz CT molecular complexity index is 350. The topological polar surface area (TPSA) is 24.9 Å². The molecule has 94 valence electrons. The van der Waals surface area contributed by atoms with Crippen molar-refractivity contribution in [1.29, 1.82) is 0 Å². The lowest BCUT2D eigenvalue weighted by Crippen LogP contribution is -2.41. The number of rotatable bonds is 3. The van der Waals surface area contributed by atoms with Crippen LogP contribution in [0.3, 0.4) is 0 Å². The van der Waals surface area contributed by atoms with Gasteiger partial charge in [0.25, 0.3) is 0 Å². The number of nitrogens with zero attached hydrogens (tertiary/aromatic N) is 1. The van der Waals surface area contributed by atoms with E-state index >= 15 is 0 Å². The molecule has 2 rings (SSSR count). The minimum Gasteiger partial charge on any atom is -0.307 e. The van der Waals surface area contributed by atoms with E-state index in [1.165, 1.54) is 23.5 Å². The summed E-state index contributed by atoms with van der Waals surface area (Å²) < 4.78 is 0. The summed E-state index contributed by atoms with van der Waals surface area (Å²) in [6.07, 6.45) is 5.01. The zero-order valence-electron chi connectivity index (χ0n) is 10.9. The summed E-state index contributed by atoms with van der Waals surface area (Å²) in [6.45, 7) is 6.97. The van der Waals surface area contributed by atoms with Gasteiger partial charge in [0.05, 0.1) is 0 Å². The largest absolute Gasteiger partial charge is 0.307 e. The van der Waals surface area contributed by atoms with Gasteiger partial charge in [0, 0.05) is 30.2 Å². The molecule has 2 heterocycles. The molecule has 2 atom stereocenters. The fraction of sp³-hybridized carbons (Fsp3) is 0.643. The van der Waals surface area contributed by atoms with Crippen LogP contribution in [0.5, 0.6) is 0 Å². The van der Waals surface area contributed by atoms with Crippen LogP contribution in [0, 0.1) is 5.41 Å². The van der Waals surface area contributed by atoms with E-state index in [0.29, 0.717) is 17.5 Å². The molecule has 0 aliphatic carbocycles. The lowest BCUT2D eigenvalue weighted by Gasteiger charge is -2.36. The molecular formula is C14H22N2S. The summed E-state index contributed by atoms with van der Waals surface area (Å²) in [7, 11) is 0. The first kappa shape index (κ1) is 12.9. The zero-order valence-corrected chi connectivity index (χ0v) is 11.8. The van der Waals surface area contributed by atoms with Crippen molar-refractivity contribution in [3.05, 3.63) is 30.1 Å². The van der Waals surface area contributed by atoms with Crippen LogP contribution in [0.25, 0.3) is 0 Å². The van der Waals surface area contributed by atoms with Gasteiger partial charge in [0.2, 0.25) is 0 Å². The average Bonchev–Trinajstić information content (AvgIpc) is 2.29. The van der Waals surface area contributed by atoms with Gasteiger partial charge in [-0.15, -0.1) is 0 Å². The first-order valence-electron chi connectivity index (χ1n) is 6.30. The summed E-state index contributed by atoms with van der Waals surface area (Å²) in [4.78, 5) is 4.07. The van der Waals surface area contributed by atoms with Crippen molar-refractivity contribution in [3.8, 4) is 0 Å². The first-order chi connectivity index (χ1) is 8.07. The molecule has 3 heteroatoms. The van der Waals surface area contributed by atoms with Crippen molar-refractivity contribution in [3.63, 3.8) is 0 Å². The standard InChI is InChI=1S/C14H22N2S/c1-11(12-4-6-15-7-5-12)16-13-8-14(2,3)10-17-9-13/h4-7,11,13,16H,8-10H2,1-3H3/t11-,13?/m0/s1. The van der Waals surface area contributed by atoms with Gasteiger partial charge in [-0.2, -0.15) is 11.8 Å². The summed E-state index contributed by atoms with van der Waals surface area (Å²) >= 11 is 2.07. The van der Waals surface area contributed by atoms with Crippen molar-refractivity contribution in [2.75, 3.05) is 11.5 Å². The Balaban J connectivity index is 1.93. The van der Waals surface area contributed by atoms with Crippen molar-refractivity contribution in [2.45, 2.75) is 39.3 Å². The molecule has 1 aliphatic heterocycles. The molecule has 1 aliphatic rings. The Hall–Kier alpha value is -0.540. The zero-order chi connectivity index (χ0) is 12.3. The normalized spacial score (nSPS) is 25.5.